The maximum Gasteiger partial charge on any atom is 0.329 e. The van der Waals surface area contributed by atoms with Gasteiger partial charge in [-0.1, -0.05) is 51.0 Å². The van der Waals surface area contributed by atoms with E-state index in [0.29, 0.717) is 37.4 Å². The molecule has 1 heterocycles. The highest BCUT2D eigenvalue weighted by molar-refractivity contribution is 5.90. The number of esters is 1. The normalized spacial score (nSPS) is 15.0. The number of amides is 3. The quantitative estimate of drug-likeness (QED) is 0.333. The lowest BCUT2D eigenvalue weighted by Crippen LogP contribution is -2.55. The van der Waals surface area contributed by atoms with Gasteiger partial charge in [-0.25, -0.2) is 9.59 Å². The fourth-order valence-corrected chi connectivity index (χ4v) is 4.86. The molecule has 3 amide bonds. The van der Waals surface area contributed by atoms with E-state index in [0.717, 1.165) is 36.8 Å². The van der Waals surface area contributed by atoms with Crippen molar-refractivity contribution in [2.24, 2.45) is 5.92 Å². The summed E-state index contributed by atoms with van der Waals surface area (Å²) in [6, 6.07) is 14.7. The lowest BCUT2D eigenvalue weighted by Gasteiger charge is -2.28. The molecule has 0 saturated carbocycles. The lowest BCUT2D eigenvalue weighted by molar-refractivity contribution is -0.158. The van der Waals surface area contributed by atoms with Crippen molar-refractivity contribution in [1.29, 1.82) is 5.26 Å². The summed E-state index contributed by atoms with van der Waals surface area (Å²) in [5, 5.41) is 14.8. The van der Waals surface area contributed by atoms with E-state index in [4.69, 9.17) is 14.7 Å². The van der Waals surface area contributed by atoms with Crippen LogP contribution in [0.15, 0.2) is 48.5 Å². The number of ether oxygens (including phenoxy) is 2. The van der Waals surface area contributed by atoms with E-state index >= 15 is 0 Å². The van der Waals surface area contributed by atoms with E-state index in [1.165, 1.54) is 0 Å². The molecule has 1 aliphatic rings. The Balaban J connectivity index is 1.69. The van der Waals surface area contributed by atoms with Crippen LogP contribution in [0.4, 0.5) is 4.79 Å². The van der Waals surface area contributed by atoms with Gasteiger partial charge in [-0.05, 0) is 81.3 Å². The van der Waals surface area contributed by atoms with Crippen molar-refractivity contribution in [1.82, 2.24) is 15.5 Å². The minimum Gasteiger partial charge on any atom is -0.489 e. The van der Waals surface area contributed by atoms with Crippen LogP contribution in [0.25, 0.3) is 0 Å². The zero-order valence-electron chi connectivity index (χ0n) is 26.2. The van der Waals surface area contributed by atoms with Gasteiger partial charge in [0.25, 0.3) is 0 Å². The number of carbonyl (C=O) groups is 3. The molecule has 0 radical (unpaired) electrons. The smallest absolute Gasteiger partial charge is 0.329 e. The second-order valence-corrected chi connectivity index (χ2v) is 12.6. The second-order valence-electron chi connectivity index (χ2n) is 12.6. The predicted molar refractivity (Wildman–Crippen MR) is 165 cm³/mol. The molecule has 0 aliphatic carbocycles. The van der Waals surface area contributed by atoms with Crippen molar-refractivity contribution in [3.05, 3.63) is 65.2 Å². The van der Waals surface area contributed by atoms with Crippen molar-refractivity contribution in [2.45, 2.75) is 97.4 Å². The summed E-state index contributed by atoms with van der Waals surface area (Å²) in [5.74, 6) is -0.143. The molecule has 9 nitrogen and oxygen atoms in total. The molecule has 232 valence electrons. The Morgan fingerprint density at radius 2 is 1.49 bits per heavy atom. The van der Waals surface area contributed by atoms with Crippen molar-refractivity contribution in [3.8, 4) is 11.8 Å². The number of nitriles is 1. The third kappa shape index (κ3) is 11.6. The number of urea groups is 1. The Morgan fingerprint density at radius 1 is 0.884 bits per heavy atom. The average molecular weight is 591 g/mol. The van der Waals surface area contributed by atoms with Crippen LogP contribution >= 0.6 is 0 Å². The molecule has 2 atom stereocenters. The second kappa shape index (κ2) is 16.0. The highest BCUT2D eigenvalue weighted by atomic mass is 16.6. The van der Waals surface area contributed by atoms with E-state index in [1.807, 2.05) is 50.2 Å². The van der Waals surface area contributed by atoms with Gasteiger partial charge in [0.15, 0.2) is 0 Å². The summed E-state index contributed by atoms with van der Waals surface area (Å²) < 4.78 is 11.5. The van der Waals surface area contributed by atoms with Crippen LogP contribution in [-0.2, 0) is 27.4 Å². The number of likely N-dealkylation sites (tertiary alicyclic amines) is 1. The van der Waals surface area contributed by atoms with E-state index < -0.39 is 29.6 Å². The molecule has 2 unspecified atom stereocenters. The molecule has 1 aliphatic heterocycles. The standard InChI is InChI=1S/C34H46N4O5/c1-24(2)20-29(37-33(41)38-18-8-6-7-9-19-38)31(39)36-30(32(40)43-34(3,4)5)21-25-14-16-28(17-15-25)42-23-27-12-10-26(22-35)11-13-27/h10-17,24,29-30H,6-9,18-21,23H2,1-5H3,(H,36,39)(H,37,41). The minimum atomic E-state index is -0.943. The summed E-state index contributed by atoms with van der Waals surface area (Å²) in [6.45, 7) is 11.0. The first kappa shape index (κ1) is 33.4. The average Bonchev–Trinajstić information content (AvgIpc) is 3.25. The number of carbonyl (C=O) groups excluding carboxylic acids is 3. The van der Waals surface area contributed by atoms with E-state index in [1.54, 1.807) is 37.8 Å². The van der Waals surface area contributed by atoms with Gasteiger partial charge >= 0.3 is 12.0 Å². The fourth-order valence-electron chi connectivity index (χ4n) is 4.86. The molecule has 2 N–H and O–H groups in total. The first-order valence-electron chi connectivity index (χ1n) is 15.2. The number of nitrogens with one attached hydrogen (secondary N) is 2. The maximum absolute atomic E-state index is 13.6. The molecule has 0 bridgehead atoms. The number of hydrogen-bond donors (Lipinski definition) is 2. The van der Waals surface area contributed by atoms with Crippen LogP contribution in [0.2, 0.25) is 0 Å². The van der Waals surface area contributed by atoms with Crippen molar-refractivity contribution < 1.29 is 23.9 Å². The van der Waals surface area contributed by atoms with Crippen LogP contribution in [0.5, 0.6) is 5.75 Å². The summed E-state index contributed by atoms with van der Waals surface area (Å²) in [5.41, 5.74) is 1.61. The summed E-state index contributed by atoms with van der Waals surface area (Å²) in [7, 11) is 0. The third-order valence-electron chi connectivity index (χ3n) is 7.07. The summed E-state index contributed by atoms with van der Waals surface area (Å²) in [6.07, 6.45) is 4.76. The van der Waals surface area contributed by atoms with Gasteiger partial charge in [0.05, 0.1) is 11.6 Å². The van der Waals surface area contributed by atoms with Gasteiger partial charge < -0.3 is 25.0 Å². The molecule has 0 spiro atoms. The highest BCUT2D eigenvalue weighted by Gasteiger charge is 2.31. The van der Waals surface area contributed by atoms with Gasteiger partial charge in [0.2, 0.25) is 5.91 Å². The van der Waals surface area contributed by atoms with Gasteiger partial charge in [0, 0.05) is 19.5 Å². The molecular weight excluding hydrogens is 544 g/mol. The van der Waals surface area contributed by atoms with Gasteiger partial charge in [-0.2, -0.15) is 5.26 Å². The fraction of sp³-hybridized carbons (Fsp3) is 0.529. The van der Waals surface area contributed by atoms with Gasteiger partial charge in [-0.3, -0.25) is 4.79 Å². The van der Waals surface area contributed by atoms with Crippen LogP contribution in [0.3, 0.4) is 0 Å². The highest BCUT2D eigenvalue weighted by Crippen LogP contribution is 2.18. The van der Waals surface area contributed by atoms with E-state index in [-0.39, 0.29) is 18.4 Å². The number of rotatable bonds is 11. The molecule has 3 rings (SSSR count). The molecule has 2 aromatic rings. The predicted octanol–water partition coefficient (Wildman–Crippen LogP) is 5.51. The SMILES string of the molecule is CC(C)CC(NC(=O)N1CCCCCC1)C(=O)NC(Cc1ccc(OCc2ccc(C#N)cc2)cc1)C(=O)OC(C)(C)C. The van der Waals surface area contributed by atoms with Crippen molar-refractivity contribution in [2.75, 3.05) is 13.1 Å². The Labute approximate surface area is 255 Å². The van der Waals surface area contributed by atoms with E-state index in [9.17, 15) is 14.4 Å². The Morgan fingerprint density at radius 3 is 2.05 bits per heavy atom. The summed E-state index contributed by atoms with van der Waals surface area (Å²) >= 11 is 0. The Hall–Kier alpha value is -4.06. The third-order valence-corrected chi connectivity index (χ3v) is 7.07. The monoisotopic (exact) mass is 590 g/mol. The zero-order valence-corrected chi connectivity index (χ0v) is 26.2. The van der Waals surface area contributed by atoms with Gasteiger partial charge in [-0.15, -0.1) is 0 Å². The first-order chi connectivity index (χ1) is 20.4. The number of benzene rings is 2. The van der Waals surface area contributed by atoms with Gasteiger partial charge in [0.1, 0.15) is 30.0 Å². The van der Waals surface area contributed by atoms with Crippen LogP contribution in [0, 0.1) is 17.2 Å². The molecule has 1 saturated heterocycles. The zero-order chi connectivity index (χ0) is 31.4. The van der Waals surface area contributed by atoms with Crippen LogP contribution in [-0.4, -0.2) is 53.6 Å². The first-order valence-corrected chi connectivity index (χ1v) is 15.2. The maximum atomic E-state index is 13.6. The van der Waals surface area contributed by atoms with Crippen LogP contribution < -0.4 is 15.4 Å². The number of nitrogens with zero attached hydrogens (tertiary/aromatic N) is 2. The van der Waals surface area contributed by atoms with E-state index in [2.05, 4.69) is 16.7 Å². The Kier molecular flexibility index (Phi) is 12.4. The van der Waals surface area contributed by atoms with Crippen molar-refractivity contribution in [3.63, 3.8) is 0 Å². The lowest BCUT2D eigenvalue weighted by atomic mass is 10.0. The van der Waals surface area contributed by atoms with Crippen LogP contribution in [0.1, 0.15) is 83.4 Å². The molecule has 1 fully saturated rings. The topological polar surface area (TPSA) is 121 Å². The Bertz CT molecular complexity index is 1240. The largest absolute Gasteiger partial charge is 0.489 e. The molecule has 2 aromatic carbocycles. The summed E-state index contributed by atoms with van der Waals surface area (Å²) in [4.78, 5) is 41.7. The van der Waals surface area contributed by atoms with Crippen molar-refractivity contribution >= 4 is 17.9 Å². The molecule has 9 heteroatoms. The molecular formula is C34H46N4O5. The minimum absolute atomic E-state index is 0.150. The molecule has 0 aromatic heterocycles. The number of hydrogen-bond acceptors (Lipinski definition) is 6. The molecule has 43 heavy (non-hydrogen) atoms.